The Bertz CT molecular complexity index is 11.6. The molecule has 0 spiro atoms. The molecule has 8 valence electrons. The van der Waals surface area contributed by atoms with Crippen molar-refractivity contribution in [3.63, 3.8) is 0 Å². The van der Waals surface area contributed by atoms with Gasteiger partial charge >= 0.3 is 73.1 Å². The molecule has 5 heavy (non-hydrogen) atoms. The summed E-state index contributed by atoms with van der Waals surface area (Å²) < 4.78 is 0. The van der Waals surface area contributed by atoms with Crippen LogP contribution in [0.5, 0.6) is 0 Å². The Morgan fingerprint density at radius 3 is 1.00 bits per heavy atom. The second-order valence-corrected chi connectivity index (χ2v) is 0. The SMILES string of the molecule is [Al+3].[Mg+2].[S-2].[Si+4].[Ti+4]. The second-order valence-electron chi connectivity index (χ2n) is 0. The molecule has 0 saturated heterocycles. The van der Waals surface area contributed by atoms with E-state index in [1.54, 1.807) is 0 Å². The van der Waals surface area contributed by atoms with E-state index in [9.17, 15) is 0 Å². The van der Waals surface area contributed by atoms with Crippen LogP contribution in [-0.2, 0) is 35.2 Å². The Morgan fingerprint density at radius 2 is 1.00 bits per heavy atom. The Morgan fingerprint density at radius 1 is 1.00 bits per heavy atom. The first-order valence-corrected chi connectivity index (χ1v) is 0. The second kappa shape index (κ2) is 30.8. The molecule has 0 N–H and O–H groups in total. The Balaban J connectivity index is 0. The molecule has 5 heteroatoms. The van der Waals surface area contributed by atoms with Crippen molar-refractivity contribution < 1.29 is 21.7 Å². The van der Waals surface area contributed by atoms with Crippen LogP contribution in [-0.4, -0.2) is 51.4 Å². The van der Waals surface area contributed by atoms with Gasteiger partial charge in [0.2, 0.25) is 0 Å². The monoisotopic (exact) mass is 159 g/mol. The van der Waals surface area contributed by atoms with Crippen LogP contribution in [0.25, 0.3) is 0 Å². The average molecular weight is 159 g/mol. The third-order valence-corrected chi connectivity index (χ3v) is 0. The molecule has 0 atom stereocenters. The van der Waals surface area contributed by atoms with Gasteiger partial charge < -0.3 is 13.5 Å². The van der Waals surface area contributed by atoms with Crippen molar-refractivity contribution in [2.75, 3.05) is 0 Å². The molecule has 0 saturated carbocycles. The molecule has 0 bridgehead atoms. The van der Waals surface area contributed by atoms with Gasteiger partial charge in [-0.1, -0.05) is 0 Å². The summed E-state index contributed by atoms with van der Waals surface area (Å²) in [6.45, 7) is 0. The fourth-order valence-corrected chi connectivity index (χ4v) is 0. The quantitative estimate of drug-likeness (QED) is 0.392. The van der Waals surface area contributed by atoms with Crippen molar-refractivity contribution in [3.05, 3.63) is 0 Å². The van der Waals surface area contributed by atoms with Crippen LogP contribution in [0.4, 0.5) is 0 Å². The molecule has 0 rings (SSSR count). The minimum atomic E-state index is 0. The zero-order chi connectivity index (χ0) is 0. The summed E-state index contributed by atoms with van der Waals surface area (Å²) in [4.78, 5) is 0. The zero-order valence-corrected chi connectivity index (χ0v) is 8.64. The van der Waals surface area contributed by atoms with Crippen molar-refractivity contribution in [1.29, 1.82) is 0 Å². The number of hydrogen-bond donors (Lipinski definition) is 0. The zero-order valence-electron chi connectivity index (χ0n) is 2.69. The number of hydrogen-bond acceptors (Lipinski definition) is 0. The summed E-state index contributed by atoms with van der Waals surface area (Å²) in [6.07, 6.45) is 0. The van der Waals surface area contributed by atoms with Crippen LogP contribution in [0.15, 0.2) is 0 Å². The number of rotatable bonds is 0. The maximum atomic E-state index is 0. The van der Waals surface area contributed by atoms with Gasteiger partial charge in [-0.05, 0) is 0 Å². The van der Waals surface area contributed by atoms with Crippen molar-refractivity contribution in [2.45, 2.75) is 0 Å². The van der Waals surface area contributed by atoms with Gasteiger partial charge in [0.05, 0.1) is 0 Å². The van der Waals surface area contributed by atoms with Crippen molar-refractivity contribution in [1.82, 2.24) is 0 Å². The Hall–Kier alpha value is 2.58. The van der Waals surface area contributed by atoms with Gasteiger partial charge in [0, 0.05) is 0 Å². The van der Waals surface area contributed by atoms with Gasteiger partial charge in [-0.15, -0.1) is 0 Å². The van der Waals surface area contributed by atoms with E-state index in [1.165, 1.54) is 0 Å². The molecule has 0 aromatic heterocycles. The molecule has 0 radical (unpaired) electrons. The Kier molecular flexibility index (Phi) is 304. The molecule has 0 aliphatic rings. The van der Waals surface area contributed by atoms with Gasteiger partial charge in [0.1, 0.15) is 0 Å². The van der Waals surface area contributed by atoms with Crippen LogP contribution in [0.2, 0.25) is 0 Å². The molecule has 0 aromatic carbocycles. The van der Waals surface area contributed by atoms with Gasteiger partial charge in [-0.3, -0.25) is 0 Å². The van der Waals surface area contributed by atoms with Crippen LogP contribution >= 0.6 is 0 Å². The third-order valence-electron chi connectivity index (χ3n) is 0. The van der Waals surface area contributed by atoms with Gasteiger partial charge in [-0.25, -0.2) is 0 Å². The molecule has 0 aromatic rings. The van der Waals surface area contributed by atoms with E-state index in [2.05, 4.69) is 0 Å². The van der Waals surface area contributed by atoms with Crippen molar-refractivity contribution in [3.8, 4) is 0 Å². The fraction of sp³-hybridized carbons (Fsp3) is 0. The maximum Gasteiger partial charge on any atom is 4.00 e. The summed E-state index contributed by atoms with van der Waals surface area (Å²) in [5.74, 6) is 0. The predicted molar refractivity (Wildman–Crippen MR) is 24.6 cm³/mol. The molecule has 0 aliphatic carbocycles. The molecule has 0 nitrogen and oxygen atoms in total. The molecular weight excluding hydrogens is 159 g/mol. The smallest absolute Gasteiger partial charge is 2.00 e. The fourth-order valence-electron chi connectivity index (χ4n) is 0. The van der Waals surface area contributed by atoms with E-state index >= 15 is 0 Å². The molecular formula is AlMgSSiTi+11. The van der Waals surface area contributed by atoms with E-state index in [0.717, 1.165) is 0 Å². The Labute approximate surface area is 85.5 Å². The van der Waals surface area contributed by atoms with E-state index in [1.807, 2.05) is 0 Å². The first kappa shape index (κ1) is 49.3. The largest absolute Gasteiger partial charge is 4.00 e. The third kappa shape index (κ3) is 20.7. The standard InChI is InChI=1S/Al.Mg.S.Si.Ti/q+3;+2;-2;2*+4. The maximum absolute atomic E-state index is 0. The first-order valence-electron chi connectivity index (χ1n) is 0. The van der Waals surface area contributed by atoms with Gasteiger partial charge in [0.25, 0.3) is 0 Å². The van der Waals surface area contributed by atoms with Gasteiger partial charge in [0.15, 0.2) is 0 Å². The van der Waals surface area contributed by atoms with Crippen molar-refractivity contribution >= 4 is 64.9 Å². The van der Waals surface area contributed by atoms with Crippen LogP contribution in [0.3, 0.4) is 0 Å². The summed E-state index contributed by atoms with van der Waals surface area (Å²) in [5.41, 5.74) is 0. The van der Waals surface area contributed by atoms with E-state index in [-0.39, 0.29) is 86.6 Å². The molecule has 0 heterocycles. The predicted octanol–water partition coefficient (Wildman–Crippen LogP) is -1.15. The molecule has 0 aliphatic heterocycles. The minimum Gasteiger partial charge on any atom is -2.00 e. The molecule has 0 unspecified atom stereocenters. The van der Waals surface area contributed by atoms with Crippen LogP contribution in [0.1, 0.15) is 0 Å². The van der Waals surface area contributed by atoms with Gasteiger partial charge in [-0.2, -0.15) is 0 Å². The average Bonchev–Trinajstić information content (AvgIpc) is 0. The normalized spacial score (nSPS) is 0. The first-order chi connectivity index (χ1) is 0. The van der Waals surface area contributed by atoms with Crippen LogP contribution in [0, 0.1) is 0 Å². The summed E-state index contributed by atoms with van der Waals surface area (Å²) in [6, 6.07) is 0. The summed E-state index contributed by atoms with van der Waals surface area (Å²) in [7, 11) is 0. The summed E-state index contributed by atoms with van der Waals surface area (Å²) >= 11 is 0. The van der Waals surface area contributed by atoms with E-state index < -0.39 is 0 Å². The molecule has 0 fully saturated rings. The van der Waals surface area contributed by atoms with Crippen molar-refractivity contribution in [2.24, 2.45) is 0 Å². The van der Waals surface area contributed by atoms with E-state index in [4.69, 9.17) is 0 Å². The molecule has 0 amide bonds. The van der Waals surface area contributed by atoms with Crippen LogP contribution < -0.4 is 0 Å². The topological polar surface area (TPSA) is 0 Å². The van der Waals surface area contributed by atoms with E-state index in [0.29, 0.717) is 0 Å². The summed E-state index contributed by atoms with van der Waals surface area (Å²) in [5, 5.41) is 0. The minimum absolute atomic E-state index is 0.